The zero-order chi connectivity index (χ0) is 60.3. The average molecular weight is 691 g/mol. The molecule has 0 spiro atoms. The van der Waals surface area contributed by atoms with Crippen molar-refractivity contribution in [3.05, 3.63) is 192 Å². The van der Waals surface area contributed by atoms with Gasteiger partial charge in [0.05, 0.1) is 41.1 Å². The standard InChI is InChI=1S/C51H32O/c1-3-13-38-33(10-1)24-27-39-36(12-9-19-41(38)39)30-32-20-22-35(23-21-32)49-42-15-5-7-17-44(42)50(45-18-8-6-16-43(45)49)37-26-29-48-47(31-37)46-28-25-34-11-2-4-14-40(34)51(46)52-48/h1-29,31H,30H2/i1D,2D,3D,4D,5D,6D,7D,8D,9D,10D,11D,12D,13D,14D,15D,16D,17D,18D,19D,20D,21D,22D,23D,24D,25D,26D,27D,28D,29D,31D. The number of rotatable bonds is 4. The van der Waals surface area contributed by atoms with Gasteiger partial charge >= 0.3 is 0 Å². The van der Waals surface area contributed by atoms with E-state index < -0.39 is 297 Å². The van der Waals surface area contributed by atoms with Crippen LogP contribution in [0.1, 0.15) is 52.2 Å². The summed E-state index contributed by atoms with van der Waals surface area (Å²) in [6, 6.07) is -26.1. The smallest absolute Gasteiger partial charge is 0.143 e. The molecule has 1 nitrogen and oxygen atoms in total. The number of fused-ring (bicyclic) bond motifs is 10. The molecule has 0 saturated carbocycles. The minimum atomic E-state index is -1.03. The van der Waals surface area contributed by atoms with Crippen LogP contribution in [-0.4, -0.2) is 0 Å². The van der Waals surface area contributed by atoms with Gasteiger partial charge in [-0.15, -0.1) is 0 Å². The van der Waals surface area contributed by atoms with E-state index in [-0.39, 0.29) is 0 Å². The second-order valence-electron chi connectivity index (χ2n) is 11.6. The van der Waals surface area contributed by atoms with Gasteiger partial charge in [0, 0.05) is 16.2 Å². The Balaban J connectivity index is 1.29. The molecule has 0 aliphatic rings. The Hall–Kier alpha value is -6.70. The molecule has 1 aromatic heterocycles. The average Bonchev–Trinajstić information content (AvgIpc) is 1.18. The van der Waals surface area contributed by atoms with Gasteiger partial charge in [0.2, 0.25) is 0 Å². The highest BCUT2D eigenvalue weighted by atomic mass is 16.3. The summed E-state index contributed by atoms with van der Waals surface area (Å²) in [6.07, 6.45) is -0.876. The lowest BCUT2D eigenvalue weighted by Crippen LogP contribution is -1.93. The van der Waals surface area contributed by atoms with Crippen LogP contribution in [-0.2, 0) is 6.42 Å². The Kier molecular flexibility index (Phi) is 2.68. The Labute approximate surface area is 343 Å². The quantitative estimate of drug-likeness (QED) is 0.132. The van der Waals surface area contributed by atoms with Gasteiger partial charge in [-0.25, -0.2) is 0 Å². The number of hydrogen-bond donors (Lipinski definition) is 0. The van der Waals surface area contributed by atoms with E-state index in [0.29, 0.717) is 0 Å². The first-order valence-electron chi connectivity index (χ1n) is 30.6. The third-order valence-corrected chi connectivity index (χ3v) is 8.79. The van der Waals surface area contributed by atoms with E-state index in [1.165, 1.54) is 0 Å². The van der Waals surface area contributed by atoms with Gasteiger partial charge in [-0.1, -0.05) is 163 Å². The maximum absolute atomic E-state index is 9.86. The van der Waals surface area contributed by atoms with Crippen LogP contribution in [0.25, 0.3) is 98.1 Å². The number of hydrogen-bond acceptors (Lipinski definition) is 1. The second kappa shape index (κ2) is 11.4. The van der Waals surface area contributed by atoms with E-state index in [1.807, 2.05) is 0 Å². The van der Waals surface area contributed by atoms with Crippen molar-refractivity contribution in [3.8, 4) is 22.3 Å². The van der Waals surface area contributed by atoms with Crippen LogP contribution in [0.5, 0.6) is 0 Å². The molecule has 0 amide bonds. The van der Waals surface area contributed by atoms with Crippen molar-refractivity contribution in [2.24, 2.45) is 0 Å². The highest BCUT2D eigenvalue weighted by molar-refractivity contribution is 6.23. The van der Waals surface area contributed by atoms with Crippen LogP contribution in [0.15, 0.2) is 186 Å². The molecule has 0 aliphatic carbocycles. The largest absolute Gasteiger partial charge is 0.455 e. The van der Waals surface area contributed by atoms with Crippen LogP contribution in [0.2, 0.25) is 0 Å². The topological polar surface area (TPSA) is 13.1 Å². The van der Waals surface area contributed by atoms with E-state index in [2.05, 4.69) is 0 Å². The van der Waals surface area contributed by atoms with Crippen LogP contribution in [0, 0.1) is 0 Å². The monoisotopic (exact) mass is 690 g/mol. The lowest BCUT2D eigenvalue weighted by atomic mass is 9.85. The molecule has 242 valence electrons. The van der Waals surface area contributed by atoms with E-state index in [0.717, 1.165) is 0 Å². The van der Waals surface area contributed by atoms with Crippen molar-refractivity contribution in [1.82, 2.24) is 0 Å². The molecule has 1 heteroatoms. The Morgan fingerprint density at radius 3 is 1.60 bits per heavy atom. The molecule has 0 N–H and O–H groups in total. The first kappa shape index (κ1) is 12.2. The number of furan rings is 1. The van der Waals surface area contributed by atoms with Gasteiger partial charge in [0.1, 0.15) is 11.2 Å². The maximum Gasteiger partial charge on any atom is 0.143 e. The first-order chi connectivity index (χ1) is 38.3. The summed E-state index contributed by atoms with van der Waals surface area (Å²) in [5.74, 6) is 0. The molecule has 0 atom stereocenters. The van der Waals surface area contributed by atoms with Gasteiger partial charge in [-0.3, -0.25) is 0 Å². The molecule has 0 unspecified atom stereocenters. The second-order valence-corrected chi connectivity index (χ2v) is 11.6. The van der Waals surface area contributed by atoms with Crippen LogP contribution in [0.4, 0.5) is 0 Å². The van der Waals surface area contributed by atoms with Crippen molar-refractivity contribution >= 4 is 75.8 Å². The normalized spacial score (nSPS) is 20.0. The van der Waals surface area contributed by atoms with Gasteiger partial charge in [0.25, 0.3) is 0 Å². The van der Waals surface area contributed by atoms with Gasteiger partial charge in [-0.2, -0.15) is 0 Å². The van der Waals surface area contributed by atoms with E-state index in [1.54, 1.807) is 0 Å². The highest BCUT2D eigenvalue weighted by Gasteiger charge is 2.18. The van der Waals surface area contributed by atoms with Gasteiger partial charge in [-0.05, 0) is 106 Å². The van der Waals surface area contributed by atoms with E-state index >= 15 is 0 Å². The fourth-order valence-electron chi connectivity index (χ4n) is 6.51. The van der Waals surface area contributed by atoms with Crippen LogP contribution >= 0.6 is 0 Å². The summed E-state index contributed by atoms with van der Waals surface area (Å²) in [7, 11) is 0. The summed E-state index contributed by atoms with van der Waals surface area (Å²) in [5, 5.41) is -6.60. The van der Waals surface area contributed by atoms with E-state index in [9.17, 15) is 15.1 Å². The molecule has 0 saturated heterocycles. The zero-order valence-corrected chi connectivity index (χ0v) is 26.1. The Morgan fingerprint density at radius 2 is 0.904 bits per heavy atom. The molecule has 11 rings (SSSR count). The number of benzene rings is 10. The van der Waals surface area contributed by atoms with Gasteiger partial charge in [0.15, 0.2) is 0 Å². The summed E-state index contributed by atoms with van der Waals surface area (Å²) in [4.78, 5) is 0. The zero-order valence-electron chi connectivity index (χ0n) is 56.1. The fraction of sp³-hybridized carbons (Fsp3) is 0.0196. The molecule has 0 aliphatic heterocycles. The summed E-state index contributed by atoms with van der Waals surface area (Å²) < 4.78 is 277. The highest BCUT2D eigenvalue weighted by Crippen LogP contribution is 2.45. The van der Waals surface area contributed by atoms with Crippen LogP contribution < -0.4 is 0 Å². The Morgan fingerprint density at radius 1 is 0.365 bits per heavy atom. The molecular weight excluding hydrogens is 629 g/mol. The molecule has 0 bridgehead atoms. The lowest BCUT2D eigenvalue weighted by Gasteiger charge is -2.18. The molecule has 11 aromatic rings. The van der Waals surface area contributed by atoms with Crippen molar-refractivity contribution in [3.63, 3.8) is 0 Å². The van der Waals surface area contributed by atoms with Crippen molar-refractivity contribution in [2.45, 2.75) is 6.42 Å². The van der Waals surface area contributed by atoms with Gasteiger partial charge < -0.3 is 4.42 Å². The molecule has 0 fully saturated rings. The molecule has 10 aromatic carbocycles. The predicted molar refractivity (Wildman–Crippen MR) is 221 cm³/mol. The maximum atomic E-state index is 9.86. The molecule has 1 heterocycles. The predicted octanol–water partition coefficient (Wildman–Crippen LogP) is 14.3. The summed E-state index contributed by atoms with van der Waals surface area (Å²) in [6.45, 7) is 0. The van der Waals surface area contributed by atoms with E-state index in [4.69, 9.17) is 30.5 Å². The Bertz CT molecular complexity index is 4840. The minimum absolute atomic E-state index is 0.421. The molecular formula is C51H32O. The van der Waals surface area contributed by atoms with Crippen molar-refractivity contribution in [2.75, 3.05) is 0 Å². The van der Waals surface area contributed by atoms with Crippen LogP contribution in [0.3, 0.4) is 0 Å². The summed E-state index contributed by atoms with van der Waals surface area (Å²) >= 11 is 0. The molecule has 0 radical (unpaired) electrons. The first-order valence-corrected chi connectivity index (χ1v) is 15.6. The minimum Gasteiger partial charge on any atom is -0.455 e. The third kappa shape index (κ3) is 4.43. The molecule has 52 heavy (non-hydrogen) atoms. The van der Waals surface area contributed by atoms with Crippen molar-refractivity contribution in [1.29, 1.82) is 0 Å². The fourth-order valence-corrected chi connectivity index (χ4v) is 6.51. The van der Waals surface area contributed by atoms with Crippen molar-refractivity contribution < 1.29 is 45.5 Å². The third-order valence-electron chi connectivity index (χ3n) is 8.79. The lowest BCUT2D eigenvalue weighted by molar-refractivity contribution is 0.672. The summed E-state index contributed by atoms with van der Waals surface area (Å²) in [5.41, 5.74) is -5.17. The SMILES string of the molecule is [2H]c1c([2H])c(-c2c3c([2H])c([2H])c([2H])c([2H])c3c(-c3c([2H])c([2H])c4oc5c6c([2H])c([2H])c([2H])c([2H])c6c([2H])c([2H])c5c4c3[2H])c3c([2H])c([2H])c([2H])c([2H])c23)c([2H])c([2H])c1Cc1c([2H])c([2H])c([2H])c2c1c([2H])c([2H])c1c([2H])c([2H])c([2H])c([2H])c12.